The zero-order chi connectivity index (χ0) is 27.7. The van der Waals surface area contributed by atoms with Gasteiger partial charge in [0, 0.05) is 42.0 Å². The van der Waals surface area contributed by atoms with E-state index in [1.54, 1.807) is 6.92 Å². The van der Waals surface area contributed by atoms with Crippen LogP contribution in [0.1, 0.15) is 75.8 Å². The molecule has 1 heterocycles. The molecule has 0 unspecified atom stereocenters. The average Bonchev–Trinajstić information content (AvgIpc) is 2.87. The molecule has 5 rings (SSSR count). The minimum Gasteiger partial charge on any atom is -0.507 e. The normalized spacial score (nSPS) is 30.3. The average molecular weight is 528 g/mol. The molecule has 3 aliphatic rings. The summed E-state index contributed by atoms with van der Waals surface area (Å²) in [4.78, 5) is 39.6. The third kappa shape index (κ3) is 3.81. The van der Waals surface area contributed by atoms with E-state index >= 15 is 0 Å². The number of carbonyl (C=O) groups is 3. The van der Waals surface area contributed by atoms with E-state index < -0.39 is 82.6 Å². The first kappa shape index (κ1) is 26.3. The fourth-order valence-electron chi connectivity index (χ4n) is 5.66. The summed E-state index contributed by atoms with van der Waals surface area (Å²) < 4.78 is 17.1. The van der Waals surface area contributed by atoms with E-state index in [9.17, 15) is 34.8 Å². The van der Waals surface area contributed by atoms with Crippen molar-refractivity contribution in [3.8, 4) is 17.2 Å². The standard InChI is InChI=1S/C27H29NO10/c1-10-22(30)14(28)7-17(37-10)38-16-9-27(35,11(2)29)8-13-19(16)26(34)21-20(24(13)32)23(31)12-5-4-6-15(36-3)18(12)25(21)33/h4-6,10,14,16-17,22,30,32,34-35H,7-9,28H2,1-3H3/t10-,14+,16+,17-,22-,27+/m1/s1. The maximum absolute atomic E-state index is 13.6. The van der Waals surface area contributed by atoms with Crippen LogP contribution in [0.4, 0.5) is 0 Å². The van der Waals surface area contributed by atoms with Crippen LogP contribution in [0, 0.1) is 0 Å². The minimum atomic E-state index is -2.00. The number of aromatic hydroxyl groups is 2. The van der Waals surface area contributed by atoms with Gasteiger partial charge < -0.3 is 40.4 Å². The van der Waals surface area contributed by atoms with E-state index in [2.05, 4.69) is 0 Å². The molecule has 1 aliphatic heterocycles. The number of ether oxygens (including phenoxy) is 3. The van der Waals surface area contributed by atoms with Crippen LogP contribution in [0.5, 0.6) is 17.2 Å². The molecule has 0 aromatic heterocycles. The zero-order valence-electron chi connectivity index (χ0n) is 21.1. The molecule has 0 bridgehead atoms. The molecule has 0 radical (unpaired) electrons. The summed E-state index contributed by atoms with van der Waals surface area (Å²) in [6.45, 7) is 2.79. The number of Topliss-reactive ketones (excluding diaryl/α,β-unsaturated/α-hetero) is 1. The Labute approximate surface area is 217 Å². The van der Waals surface area contributed by atoms with E-state index in [0.717, 1.165) is 0 Å². The lowest BCUT2D eigenvalue weighted by atomic mass is 9.72. The van der Waals surface area contributed by atoms with Gasteiger partial charge in [-0.25, -0.2) is 0 Å². The number of phenolic OH excluding ortho intramolecular Hbond substituents is 2. The highest BCUT2D eigenvalue weighted by atomic mass is 16.7. The van der Waals surface area contributed by atoms with Gasteiger partial charge in [0.1, 0.15) is 22.8 Å². The lowest BCUT2D eigenvalue weighted by Gasteiger charge is -2.42. The number of hydrogen-bond donors (Lipinski definition) is 5. The SMILES string of the molecule is COc1cccc2c1C(=O)c1c(O)c3c(c(O)c1C2=O)C[C@@](O)(C(C)=O)C[C@@H]3O[C@@H]1C[C@H](N)[C@H](O)[C@@H](C)O1. The number of nitrogens with two attached hydrogens (primary N) is 1. The molecule has 1 fully saturated rings. The first-order valence-electron chi connectivity index (χ1n) is 12.2. The molecule has 0 amide bonds. The molecule has 2 aromatic carbocycles. The largest absolute Gasteiger partial charge is 0.507 e. The number of methoxy groups -OCH3 is 1. The Morgan fingerprint density at radius 1 is 1.13 bits per heavy atom. The van der Waals surface area contributed by atoms with Gasteiger partial charge in [0.2, 0.25) is 5.78 Å². The van der Waals surface area contributed by atoms with Crippen molar-refractivity contribution in [2.75, 3.05) is 7.11 Å². The number of ketones is 3. The predicted octanol–water partition coefficient (Wildman–Crippen LogP) is 1.03. The molecule has 11 nitrogen and oxygen atoms in total. The zero-order valence-corrected chi connectivity index (χ0v) is 21.1. The molecular weight excluding hydrogens is 498 g/mol. The topological polar surface area (TPSA) is 186 Å². The first-order chi connectivity index (χ1) is 17.9. The van der Waals surface area contributed by atoms with Crippen molar-refractivity contribution in [3.63, 3.8) is 0 Å². The molecule has 0 spiro atoms. The highest BCUT2D eigenvalue weighted by Gasteiger charge is 2.49. The van der Waals surface area contributed by atoms with E-state index in [4.69, 9.17) is 19.9 Å². The summed E-state index contributed by atoms with van der Waals surface area (Å²) in [7, 11) is 1.34. The maximum atomic E-state index is 13.6. The number of rotatable bonds is 4. The second-order valence-corrected chi connectivity index (χ2v) is 10.1. The van der Waals surface area contributed by atoms with Crippen LogP contribution in [0.25, 0.3) is 0 Å². The molecular formula is C27H29NO10. The molecule has 11 heteroatoms. The Kier molecular flexibility index (Phi) is 6.32. The number of benzene rings is 2. The lowest BCUT2D eigenvalue weighted by molar-refractivity contribution is -0.247. The molecule has 2 aromatic rings. The second-order valence-electron chi connectivity index (χ2n) is 10.1. The van der Waals surface area contributed by atoms with E-state index in [0.29, 0.717) is 0 Å². The van der Waals surface area contributed by atoms with Gasteiger partial charge in [-0.2, -0.15) is 0 Å². The Morgan fingerprint density at radius 3 is 2.45 bits per heavy atom. The van der Waals surface area contributed by atoms with Crippen LogP contribution in [0.2, 0.25) is 0 Å². The van der Waals surface area contributed by atoms with Crippen molar-refractivity contribution < 1.29 is 49.0 Å². The Morgan fingerprint density at radius 2 is 1.82 bits per heavy atom. The summed E-state index contributed by atoms with van der Waals surface area (Å²) in [5.41, 5.74) is 2.97. The summed E-state index contributed by atoms with van der Waals surface area (Å²) in [5.74, 6) is -3.18. The smallest absolute Gasteiger partial charge is 0.202 e. The van der Waals surface area contributed by atoms with Crippen molar-refractivity contribution in [2.45, 2.75) is 69.4 Å². The van der Waals surface area contributed by atoms with E-state index in [-0.39, 0.29) is 40.8 Å². The van der Waals surface area contributed by atoms with Crippen molar-refractivity contribution in [1.82, 2.24) is 0 Å². The number of hydrogen-bond acceptors (Lipinski definition) is 11. The Bertz CT molecular complexity index is 1360. The van der Waals surface area contributed by atoms with Crippen LogP contribution in [0.3, 0.4) is 0 Å². The number of aliphatic hydroxyl groups excluding tert-OH is 1. The van der Waals surface area contributed by atoms with Gasteiger partial charge in [-0.1, -0.05) is 12.1 Å². The summed E-state index contributed by atoms with van der Waals surface area (Å²) in [6, 6.07) is 3.75. The number of carbonyl (C=O) groups excluding carboxylic acids is 3. The van der Waals surface area contributed by atoms with Crippen molar-refractivity contribution >= 4 is 17.3 Å². The number of fused-ring (bicyclic) bond motifs is 3. The van der Waals surface area contributed by atoms with Crippen LogP contribution < -0.4 is 10.5 Å². The van der Waals surface area contributed by atoms with Gasteiger partial charge in [0.05, 0.1) is 42.1 Å². The minimum absolute atomic E-state index is 0.0147. The molecule has 0 saturated carbocycles. The van der Waals surface area contributed by atoms with Gasteiger partial charge in [0.15, 0.2) is 17.9 Å². The van der Waals surface area contributed by atoms with Crippen molar-refractivity contribution in [3.05, 3.63) is 51.6 Å². The van der Waals surface area contributed by atoms with Crippen LogP contribution in [0.15, 0.2) is 18.2 Å². The Balaban J connectivity index is 1.68. The predicted molar refractivity (Wildman–Crippen MR) is 130 cm³/mol. The summed E-state index contributed by atoms with van der Waals surface area (Å²) in [6.07, 6.45) is -4.53. The third-order valence-electron chi connectivity index (χ3n) is 7.80. The highest BCUT2D eigenvalue weighted by Crippen LogP contribution is 2.52. The van der Waals surface area contributed by atoms with Gasteiger partial charge in [-0.15, -0.1) is 0 Å². The third-order valence-corrected chi connectivity index (χ3v) is 7.80. The van der Waals surface area contributed by atoms with Gasteiger partial charge in [-0.05, 0) is 19.9 Å². The summed E-state index contributed by atoms with van der Waals surface area (Å²) in [5, 5.41) is 44.1. The van der Waals surface area contributed by atoms with E-state index in [1.165, 1.54) is 32.2 Å². The number of aliphatic hydroxyl groups is 2. The fourth-order valence-corrected chi connectivity index (χ4v) is 5.66. The molecule has 202 valence electrons. The molecule has 6 N–H and O–H groups in total. The molecule has 1 saturated heterocycles. The molecule has 2 aliphatic carbocycles. The van der Waals surface area contributed by atoms with Crippen LogP contribution in [-0.2, 0) is 20.7 Å². The van der Waals surface area contributed by atoms with E-state index in [1.807, 2.05) is 0 Å². The van der Waals surface area contributed by atoms with Crippen LogP contribution >= 0.6 is 0 Å². The first-order valence-corrected chi connectivity index (χ1v) is 12.2. The fraction of sp³-hybridized carbons (Fsp3) is 0.444. The molecule has 38 heavy (non-hydrogen) atoms. The van der Waals surface area contributed by atoms with Crippen molar-refractivity contribution in [1.29, 1.82) is 0 Å². The monoisotopic (exact) mass is 527 g/mol. The maximum Gasteiger partial charge on any atom is 0.202 e. The number of phenols is 2. The molecule has 6 atom stereocenters. The lowest BCUT2D eigenvalue weighted by Crippen LogP contribution is -2.52. The van der Waals surface area contributed by atoms with Gasteiger partial charge in [0.25, 0.3) is 0 Å². The highest BCUT2D eigenvalue weighted by molar-refractivity contribution is 6.31. The summed E-state index contributed by atoms with van der Waals surface area (Å²) >= 11 is 0. The quantitative estimate of drug-likeness (QED) is 0.305. The van der Waals surface area contributed by atoms with Crippen LogP contribution in [-0.4, -0.2) is 75.0 Å². The second kappa shape index (κ2) is 9.14. The van der Waals surface area contributed by atoms with Gasteiger partial charge >= 0.3 is 0 Å². The van der Waals surface area contributed by atoms with Crippen molar-refractivity contribution in [2.24, 2.45) is 5.73 Å². The Hall–Kier alpha value is -3.35. The van der Waals surface area contributed by atoms with Gasteiger partial charge in [-0.3, -0.25) is 14.4 Å².